The van der Waals surface area contributed by atoms with Crippen molar-refractivity contribution in [3.63, 3.8) is 0 Å². The van der Waals surface area contributed by atoms with Crippen LogP contribution in [-0.2, 0) is 9.59 Å². The number of urea groups is 1. The maximum Gasteiger partial charge on any atom is 0.326 e. The second-order valence-corrected chi connectivity index (χ2v) is 5.78. The van der Waals surface area contributed by atoms with Crippen LogP contribution in [-0.4, -0.2) is 65.5 Å². The summed E-state index contributed by atoms with van der Waals surface area (Å²) in [6.07, 6.45) is 1.81. The van der Waals surface area contributed by atoms with Crippen LogP contribution in [0.25, 0.3) is 0 Å². The topological polar surface area (TPSA) is 90.0 Å². The molecule has 20 heavy (non-hydrogen) atoms. The average Bonchev–Trinajstić information content (AvgIpc) is 3.04. The lowest BCUT2D eigenvalue weighted by Gasteiger charge is -2.28. The first-order valence-corrected chi connectivity index (χ1v) is 6.89. The lowest BCUT2D eigenvalue weighted by atomic mass is 9.89. The normalized spacial score (nSPS) is 29.6. The summed E-state index contributed by atoms with van der Waals surface area (Å²) in [6.45, 7) is 3.14. The number of aliphatic carboxylic acids is 1. The fourth-order valence-electron chi connectivity index (χ4n) is 3.05. The molecule has 3 amide bonds. The Bertz CT molecular complexity index is 439. The van der Waals surface area contributed by atoms with Crippen LogP contribution in [0.5, 0.6) is 0 Å². The van der Waals surface area contributed by atoms with Crippen molar-refractivity contribution in [1.29, 1.82) is 0 Å². The largest absolute Gasteiger partial charge is 0.480 e. The molecule has 2 atom stereocenters. The van der Waals surface area contributed by atoms with Crippen molar-refractivity contribution >= 4 is 17.9 Å². The lowest BCUT2D eigenvalue weighted by molar-refractivity contribution is -0.141. The Balaban J connectivity index is 2.05. The van der Waals surface area contributed by atoms with Gasteiger partial charge in [-0.2, -0.15) is 0 Å². The van der Waals surface area contributed by atoms with Gasteiger partial charge in [0.05, 0.1) is 5.41 Å². The second-order valence-electron chi connectivity index (χ2n) is 5.78. The standard InChI is InChI=1S/C13H21N3O4/c1-13(11(19)14-2)5-7-15(8-13)12(20)16-6-3-4-9(16)10(17)18/h9H,3-8H2,1-2H3,(H,14,19)(H,17,18)/t9-,13?/m0/s1. The smallest absolute Gasteiger partial charge is 0.326 e. The van der Waals surface area contributed by atoms with E-state index in [0.29, 0.717) is 38.9 Å². The van der Waals surface area contributed by atoms with Crippen LogP contribution in [0.4, 0.5) is 4.79 Å². The summed E-state index contributed by atoms with van der Waals surface area (Å²) in [7, 11) is 1.58. The number of hydrogen-bond donors (Lipinski definition) is 2. The first-order valence-electron chi connectivity index (χ1n) is 6.89. The minimum absolute atomic E-state index is 0.0796. The van der Waals surface area contributed by atoms with E-state index in [2.05, 4.69) is 5.32 Å². The molecule has 7 nitrogen and oxygen atoms in total. The molecule has 2 N–H and O–H groups in total. The van der Waals surface area contributed by atoms with E-state index in [1.807, 2.05) is 6.92 Å². The van der Waals surface area contributed by atoms with E-state index in [9.17, 15) is 14.4 Å². The highest BCUT2D eigenvalue weighted by molar-refractivity contribution is 5.86. The summed E-state index contributed by atoms with van der Waals surface area (Å²) in [5.74, 6) is -1.03. The number of nitrogens with one attached hydrogen (secondary N) is 1. The van der Waals surface area contributed by atoms with Gasteiger partial charge in [-0.1, -0.05) is 0 Å². The van der Waals surface area contributed by atoms with Crippen LogP contribution >= 0.6 is 0 Å². The zero-order chi connectivity index (χ0) is 14.9. The van der Waals surface area contributed by atoms with Gasteiger partial charge in [0.2, 0.25) is 5.91 Å². The third kappa shape index (κ3) is 2.44. The minimum atomic E-state index is -0.955. The molecule has 2 aliphatic rings. The van der Waals surface area contributed by atoms with E-state index < -0.39 is 17.4 Å². The highest BCUT2D eigenvalue weighted by Gasteiger charge is 2.44. The van der Waals surface area contributed by atoms with Gasteiger partial charge in [0.25, 0.3) is 0 Å². The molecular weight excluding hydrogens is 262 g/mol. The summed E-state index contributed by atoms with van der Waals surface area (Å²) in [6, 6.07) is -0.989. The Morgan fingerprint density at radius 2 is 2.00 bits per heavy atom. The molecule has 0 aromatic rings. The third-order valence-corrected chi connectivity index (χ3v) is 4.30. The Morgan fingerprint density at radius 1 is 1.30 bits per heavy atom. The van der Waals surface area contributed by atoms with Gasteiger partial charge >= 0.3 is 12.0 Å². The average molecular weight is 283 g/mol. The number of carboxylic acids is 1. The third-order valence-electron chi connectivity index (χ3n) is 4.30. The van der Waals surface area contributed by atoms with Crippen molar-refractivity contribution in [3.05, 3.63) is 0 Å². The molecule has 0 bridgehead atoms. The van der Waals surface area contributed by atoms with Gasteiger partial charge in [-0.05, 0) is 26.2 Å². The van der Waals surface area contributed by atoms with Crippen LogP contribution in [0.3, 0.4) is 0 Å². The van der Waals surface area contributed by atoms with E-state index in [4.69, 9.17) is 5.11 Å². The van der Waals surface area contributed by atoms with Gasteiger partial charge in [0.15, 0.2) is 0 Å². The number of likely N-dealkylation sites (tertiary alicyclic amines) is 2. The summed E-state index contributed by atoms with van der Waals surface area (Å²) in [5, 5.41) is 11.7. The first-order chi connectivity index (χ1) is 9.39. The quantitative estimate of drug-likeness (QED) is 0.753. The molecule has 2 rings (SSSR count). The molecule has 0 aliphatic carbocycles. The molecule has 2 aliphatic heterocycles. The first kappa shape index (κ1) is 14.6. The highest BCUT2D eigenvalue weighted by Crippen LogP contribution is 2.31. The Labute approximate surface area is 117 Å². The fraction of sp³-hybridized carbons (Fsp3) is 0.769. The van der Waals surface area contributed by atoms with Gasteiger partial charge in [-0.15, -0.1) is 0 Å². The van der Waals surface area contributed by atoms with Crippen molar-refractivity contribution in [1.82, 2.24) is 15.1 Å². The van der Waals surface area contributed by atoms with Gasteiger partial charge in [0, 0.05) is 26.7 Å². The molecule has 0 radical (unpaired) electrons. The molecule has 2 fully saturated rings. The van der Waals surface area contributed by atoms with Crippen molar-refractivity contribution in [2.75, 3.05) is 26.7 Å². The van der Waals surface area contributed by atoms with Crippen LogP contribution in [0, 0.1) is 5.41 Å². The SMILES string of the molecule is CNC(=O)C1(C)CCN(C(=O)N2CCC[C@H]2C(=O)O)C1. The zero-order valence-corrected chi connectivity index (χ0v) is 11.9. The Morgan fingerprint density at radius 3 is 2.60 bits per heavy atom. The van der Waals surface area contributed by atoms with Gasteiger partial charge in [-0.3, -0.25) is 4.79 Å². The van der Waals surface area contributed by atoms with E-state index in [1.165, 1.54) is 4.90 Å². The van der Waals surface area contributed by atoms with Crippen molar-refractivity contribution < 1.29 is 19.5 Å². The van der Waals surface area contributed by atoms with Crippen molar-refractivity contribution in [3.8, 4) is 0 Å². The van der Waals surface area contributed by atoms with Gasteiger partial charge in [-0.25, -0.2) is 9.59 Å². The van der Waals surface area contributed by atoms with Crippen LogP contribution in [0.15, 0.2) is 0 Å². The van der Waals surface area contributed by atoms with Crippen LogP contribution < -0.4 is 5.32 Å². The van der Waals surface area contributed by atoms with Gasteiger partial charge in [0.1, 0.15) is 6.04 Å². The van der Waals surface area contributed by atoms with Crippen LogP contribution in [0.2, 0.25) is 0 Å². The predicted molar refractivity (Wildman–Crippen MR) is 71.1 cm³/mol. The summed E-state index contributed by atoms with van der Waals surface area (Å²) in [4.78, 5) is 38.4. The number of hydrogen-bond acceptors (Lipinski definition) is 3. The number of rotatable bonds is 2. The van der Waals surface area contributed by atoms with E-state index in [-0.39, 0.29) is 11.9 Å². The van der Waals surface area contributed by atoms with Crippen LogP contribution in [0.1, 0.15) is 26.2 Å². The molecule has 1 unspecified atom stereocenters. The van der Waals surface area contributed by atoms with Gasteiger partial charge < -0.3 is 20.2 Å². The number of carbonyl (C=O) groups is 3. The molecule has 2 saturated heterocycles. The molecule has 0 saturated carbocycles. The summed E-state index contributed by atoms with van der Waals surface area (Å²) < 4.78 is 0. The highest BCUT2D eigenvalue weighted by atomic mass is 16.4. The summed E-state index contributed by atoms with van der Waals surface area (Å²) in [5.41, 5.74) is -0.581. The predicted octanol–water partition coefficient (Wildman–Crippen LogP) is 0.113. The Hall–Kier alpha value is -1.79. The number of amides is 3. The van der Waals surface area contributed by atoms with E-state index in [1.54, 1.807) is 11.9 Å². The molecule has 0 aromatic carbocycles. The fourth-order valence-corrected chi connectivity index (χ4v) is 3.05. The number of carbonyl (C=O) groups excluding carboxylic acids is 2. The Kier molecular flexibility index (Phi) is 3.87. The van der Waals surface area contributed by atoms with E-state index >= 15 is 0 Å². The number of carboxylic acid groups (broad SMARTS) is 1. The maximum atomic E-state index is 12.4. The minimum Gasteiger partial charge on any atom is -0.480 e. The number of nitrogens with zero attached hydrogens (tertiary/aromatic N) is 2. The monoisotopic (exact) mass is 283 g/mol. The van der Waals surface area contributed by atoms with Crippen molar-refractivity contribution in [2.45, 2.75) is 32.2 Å². The lowest BCUT2D eigenvalue weighted by Crippen LogP contribution is -2.48. The van der Waals surface area contributed by atoms with E-state index in [0.717, 1.165) is 0 Å². The zero-order valence-electron chi connectivity index (χ0n) is 11.9. The molecular formula is C13H21N3O4. The molecule has 112 valence electrons. The molecule has 7 heteroatoms. The van der Waals surface area contributed by atoms with Crippen molar-refractivity contribution in [2.24, 2.45) is 5.41 Å². The molecule has 0 spiro atoms. The molecule has 2 heterocycles. The second kappa shape index (κ2) is 5.30. The molecule has 0 aromatic heterocycles. The summed E-state index contributed by atoms with van der Waals surface area (Å²) >= 11 is 0. The maximum absolute atomic E-state index is 12.4.